The normalized spacial score (nSPS) is 14.1. The van der Waals surface area contributed by atoms with Gasteiger partial charge in [-0.25, -0.2) is 4.79 Å². The average molecular weight is 777 g/mol. The van der Waals surface area contributed by atoms with E-state index >= 15 is 0 Å². The van der Waals surface area contributed by atoms with Gasteiger partial charge in [-0.2, -0.15) is 0 Å². The number of carboxylic acid groups (broad SMARTS) is 6. The van der Waals surface area contributed by atoms with Crippen LogP contribution in [0.15, 0.2) is 0 Å². The van der Waals surface area contributed by atoms with Crippen LogP contribution in [0.3, 0.4) is 0 Å². The third-order valence-corrected chi connectivity index (χ3v) is 7.44. The summed E-state index contributed by atoms with van der Waals surface area (Å²) < 4.78 is 0. The molecule has 304 valence electrons. The smallest absolute Gasteiger partial charge is 0.326 e. The van der Waals surface area contributed by atoms with Crippen LogP contribution in [0, 0.1) is 5.92 Å². The van der Waals surface area contributed by atoms with Gasteiger partial charge in [-0.1, -0.05) is 13.8 Å². The maximum Gasteiger partial charge on any atom is 0.326 e. The lowest BCUT2D eigenvalue weighted by molar-refractivity contribution is -0.144. The lowest BCUT2D eigenvalue weighted by Crippen LogP contribution is -2.59. The molecular weight excluding hydrogens is 728 g/mol. The highest BCUT2D eigenvalue weighted by Gasteiger charge is 2.34. The molecule has 5 amide bonds. The quantitative estimate of drug-likeness (QED) is 0.0381. The Morgan fingerprint density at radius 3 is 0.852 bits per heavy atom. The van der Waals surface area contributed by atoms with Gasteiger partial charge in [-0.3, -0.25) is 47.9 Å². The lowest BCUT2D eigenvalue weighted by atomic mass is 10.0. The maximum atomic E-state index is 13.5. The summed E-state index contributed by atoms with van der Waals surface area (Å²) in [5.41, 5.74) is 5.86. The van der Waals surface area contributed by atoms with Crippen LogP contribution in [0.4, 0.5) is 0 Å². The molecule has 0 rings (SSSR count). The molecule has 0 aliphatic heterocycles. The van der Waals surface area contributed by atoms with Crippen molar-refractivity contribution in [3.63, 3.8) is 0 Å². The summed E-state index contributed by atoms with van der Waals surface area (Å²) in [5, 5.41) is 65.8. The standard InChI is InChI=1S/C31H48N6O17/c1-14(2)13-15(32)26(48)33-16(3-8-21(38)39)27(49)34-17(4-9-22(40)41)28(50)35-18(5-10-23(42)43)29(51)36-19(6-11-24(44)45)30(52)37-20(31(53)54)7-12-25(46)47/h14-20H,3-13,32H2,1-2H3,(H,33,48)(H,34,49)(H,35,50)(H,36,51)(H,37,52)(H,38,39)(H,40,41)(H,42,43)(H,44,45)(H,46,47)(H,53,54)/t15-,16-,17-,18-,19-,20-/m0/s1. The summed E-state index contributed by atoms with van der Waals surface area (Å²) in [6.07, 6.45) is -6.49. The van der Waals surface area contributed by atoms with Crippen molar-refractivity contribution < 1.29 is 83.4 Å². The molecular formula is C31H48N6O17. The second-order valence-electron chi connectivity index (χ2n) is 12.5. The fourth-order valence-electron chi connectivity index (χ4n) is 4.65. The number of rotatable bonds is 28. The van der Waals surface area contributed by atoms with Crippen LogP contribution in [0.25, 0.3) is 0 Å². The Labute approximate surface area is 307 Å². The molecule has 0 aromatic rings. The Hall–Kier alpha value is -5.87. The number of carbonyl (C=O) groups is 11. The molecule has 0 radical (unpaired) electrons. The number of nitrogens with two attached hydrogens (primary N) is 1. The van der Waals surface area contributed by atoms with Gasteiger partial charge in [0.05, 0.1) is 6.04 Å². The largest absolute Gasteiger partial charge is 0.481 e. The molecule has 0 fully saturated rings. The van der Waals surface area contributed by atoms with E-state index in [2.05, 4.69) is 21.3 Å². The predicted molar refractivity (Wildman–Crippen MR) is 179 cm³/mol. The van der Waals surface area contributed by atoms with E-state index in [1.165, 1.54) is 0 Å². The maximum absolute atomic E-state index is 13.5. The van der Waals surface area contributed by atoms with E-state index in [9.17, 15) is 68.1 Å². The van der Waals surface area contributed by atoms with Gasteiger partial charge >= 0.3 is 35.8 Å². The zero-order valence-corrected chi connectivity index (χ0v) is 29.6. The van der Waals surface area contributed by atoms with E-state index in [-0.39, 0.29) is 12.3 Å². The molecule has 13 N–H and O–H groups in total. The van der Waals surface area contributed by atoms with Crippen molar-refractivity contribution in [3.8, 4) is 0 Å². The fourth-order valence-corrected chi connectivity index (χ4v) is 4.65. The van der Waals surface area contributed by atoms with Crippen LogP contribution in [0.2, 0.25) is 0 Å². The van der Waals surface area contributed by atoms with Crippen molar-refractivity contribution in [2.24, 2.45) is 11.7 Å². The topological polar surface area (TPSA) is 395 Å². The minimum absolute atomic E-state index is 0.0419. The molecule has 23 nitrogen and oxygen atoms in total. The fraction of sp³-hybridized carbons (Fsp3) is 0.645. The van der Waals surface area contributed by atoms with E-state index in [1.54, 1.807) is 13.8 Å². The van der Waals surface area contributed by atoms with Crippen LogP contribution in [-0.4, -0.2) is 132 Å². The highest BCUT2D eigenvalue weighted by atomic mass is 16.4. The van der Waals surface area contributed by atoms with Crippen molar-refractivity contribution in [3.05, 3.63) is 0 Å². The Kier molecular flexibility index (Phi) is 21.7. The summed E-state index contributed by atoms with van der Waals surface area (Å²) >= 11 is 0. The minimum atomic E-state index is -1.85. The van der Waals surface area contributed by atoms with Gasteiger partial charge in [0.25, 0.3) is 0 Å². The Bertz CT molecular complexity index is 1400. The molecule has 0 bridgehead atoms. The van der Waals surface area contributed by atoms with Crippen LogP contribution >= 0.6 is 0 Å². The predicted octanol–water partition coefficient (Wildman–Crippen LogP) is -2.81. The highest BCUT2D eigenvalue weighted by molar-refractivity contribution is 5.97. The zero-order chi connectivity index (χ0) is 41.7. The molecule has 54 heavy (non-hydrogen) atoms. The SMILES string of the molecule is CC(C)C[C@H](N)C(=O)N[C@@H](CCC(=O)O)C(=O)N[C@@H](CCC(=O)O)C(=O)N[C@@H](CCC(=O)O)C(=O)N[C@@H](CCC(=O)O)C(=O)N[C@@H](CCC(=O)O)C(=O)O. The number of hydrogen-bond acceptors (Lipinski definition) is 12. The third kappa shape index (κ3) is 20.8. The van der Waals surface area contributed by atoms with Gasteiger partial charge in [0, 0.05) is 32.1 Å². The van der Waals surface area contributed by atoms with Crippen LogP contribution < -0.4 is 32.3 Å². The van der Waals surface area contributed by atoms with Crippen molar-refractivity contribution in [1.29, 1.82) is 0 Å². The van der Waals surface area contributed by atoms with Gasteiger partial charge in [-0.15, -0.1) is 0 Å². The molecule has 0 spiro atoms. The van der Waals surface area contributed by atoms with Crippen molar-refractivity contribution in [2.45, 2.75) is 121 Å². The highest BCUT2D eigenvalue weighted by Crippen LogP contribution is 2.09. The molecule has 0 saturated carbocycles. The van der Waals surface area contributed by atoms with E-state index in [0.717, 1.165) is 0 Å². The molecule has 0 aliphatic rings. The Morgan fingerprint density at radius 2 is 0.630 bits per heavy atom. The molecule has 0 aromatic carbocycles. The number of carboxylic acids is 6. The molecule has 0 saturated heterocycles. The number of aliphatic carboxylic acids is 6. The van der Waals surface area contributed by atoms with Crippen molar-refractivity contribution >= 4 is 65.4 Å². The second-order valence-corrected chi connectivity index (χ2v) is 12.5. The first-order chi connectivity index (χ1) is 25.0. The summed E-state index contributed by atoms with van der Waals surface area (Å²) in [6.45, 7) is 3.53. The average Bonchev–Trinajstić information content (AvgIpc) is 3.05. The molecule has 23 heteroatoms. The van der Waals surface area contributed by atoms with Crippen molar-refractivity contribution in [2.75, 3.05) is 0 Å². The molecule has 0 aliphatic carbocycles. The molecule has 0 aromatic heterocycles. The first kappa shape index (κ1) is 48.1. The number of hydrogen-bond donors (Lipinski definition) is 12. The number of carbonyl (C=O) groups excluding carboxylic acids is 5. The Morgan fingerprint density at radius 1 is 0.407 bits per heavy atom. The van der Waals surface area contributed by atoms with E-state index in [0.29, 0.717) is 0 Å². The molecule has 6 atom stereocenters. The first-order valence-corrected chi connectivity index (χ1v) is 16.6. The van der Waals surface area contributed by atoms with Gasteiger partial charge in [0.2, 0.25) is 29.5 Å². The van der Waals surface area contributed by atoms with Gasteiger partial charge < -0.3 is 63.0 Å². The molecule has 0 unspecified atom stereocenters. The third-order valence-electron chi connectivity index (χ3n) is 7.44. The summed E-state index contributed by atoms with van der Waals surface area (Å²) in [7, 11) is 0. The van der Waals surface area contributed by atoms with Crippen LogP contribution in [-0.2, 0) is 52.7 Å². The first-order valence-electron chi connectivity index (χ1n) is 16.6. The van der Waals surface area contributed by atoms with Crippen LogP contribution in [0.5, 0.6) is 0 Å². The van der Waals surface area contributed by atoms with E-state index in [1.807, 2.05) is 5.32 Å². The zero-order valence-electron chi connectivity index (χ0n) is 29.6. The number of amides is 5. The van der Waals surface area contributed by atoms with E-state index in [4.69, 9.17) is 21.1 Å². The summed E-state index contributed by atoms with van der Waals surface area (Å²) in [4.78, 5) is 133. The minimum Gasteiger partial charge on any atom is -0.481 e. The monoisotopic (exact) mass is 776 g/mol. The van der Waals surface area contributed by atoms with Crippen LogP contribution in [0.1, 0.15) is 84.5 Å². The summed E-state index contributed by atoms with van der Waals surface area (Å²) in [5.74, 6) is -14.6. The van der Waals surface area contributed by atoms with Gasteiger partial charge in [0.15, 0.2) is 0 Å². The van der Waals surface area contributed by atoms with Gasteiger partial charge in [0.1, 0.15) is 30.2 Å². The van der Waals surface area contributed by atoms with Gasteiger partial charge in [-0.05, 0) is 44.4 Å². The van der Waals surface area contributed by atoms with Crippen molar-refractivity contribution in [1.82, 2.24) is 26.6 Å². The lowest BCUT2D eigenvalue weighted by Gasteiger charge is -2.27. The second kappa shape index (κ2) is 24.4. The summed E-state index contributed by atoms with van der Waals surface area (Å²) in [6, 6.07) is -9.93. The Balaban J connectivity index is 6.41. The number of nitrogens with one attached hydrogen (secondary N) is 5. The molecule has 0 heterocycles. The van der Waals surface area contributed by atoms with E-state index < -0.39 is 166 Å².